The van der Waals surface area contributed by atoms with Crippen LogP contribution in [0.3, 0.4) is 0 Å². The Morgan fingerprint density at radius 3 is 2.40 bits per heavy atom. The molecule has 2 N–H and O–H groups in total. The normalized spacial score (nSPS) is 12.9. The summed E-state index contributed by atoms with van der Waals surface area (Å²) in [6, 6.07) is 27.3. The molecule has 0 bridgehead atoms. The van der Waals surface area contributed by atoms with E-state index in [0.717, 1.165) is 33.5 Å². The summed E-state index contributed by atoms with van der Waals surface area (Å²) >= 11 is 0. The maximum atomic E-state index is 13.1. The molecule has 0 unspecified atom stereocenters. The number of amides is 2. The van der Waals surface area contributed by atoms with Gasteiger partial charge in [0.05, 0.1) is 12.6 Å². The highest BCUT2D eigenvalue weighted by Gasteiger charge is 2.22. The first-order chi connectivity index (χ1) is 16.9. The number of fused-ring (bicyclic) bond motifs is 1. The van der Waals surface area contributed by atoms with Gasteiger partial charge in [0, 0.05) is 30.6 Å². The van der Waals surface area contributed by atoms with E-state index in [9.17, 15) is 9.59 Å². The van der Waals surface area contributed by atoms with Crippen molar-refractivity contribution in [3.05, 3.63) is 102 Å². The Kier molecular flexibility index (Phi) is 7.63. The molecule has 1 aromatic heterocycles. The standard InChI is InChI=1S/C29H31N3O3/c1-20(28-17-25-12-7-8-15-27(25)35-28)30-29(34)19-32(18-23-10-5-4-6-11-23)21(2)24-13-9-14-26(16-24)31-22(3)33/h4-17,20-21H,18-19H2,1-3H3,(H,30,34)(H,31,33)/t20-,21+/m1/s1. The third kappa shape index (κ3) is 6.37. The number of para-hydroxylation sites is 1. The summed E-state index contributed by atoms with van der Waals surface area (Å²) in [5.41, 5.74) is 3.69. The molecule has 1 heterocycles. The number of nitrogens with one attached hydrogen (secondary N) is 2. The van der Waals surface area contributed by atoms with E-state index in [-0.39, 0.29) is 30.4 Å². The molecule has 2 atom stereocenters. The molecule has 4 aromatic rings. The molecule has 0 saturated carbocycles. The van der Waals surface area contributed by atoms with E-state index in [0.29, 0.717) is 6.54 Å². The lowest BCUT2D eigenvalue weighted by Gasteiger charge is -2.29. The van der Waals surface area contributed by atoms with E-state index in [1.807, 2.05) is 79.7 Å². The highest BCUT2D eigenvalue weighted by Crippen LogP contribution is 2.26. The zero-order valence-electron chi connectivity index (χ0n) is 20.3. The van der Waals surface area contributed by atoms with Gasteiger partial charge < -0.3 is 15.1 Å². The van der Waals surface area contributed by atoms with Crippen molar-refractivity contribution in [1.29, 1.82) is 0 Å². The summed E-state index contributed by atoms with van der Waals surface area (Å²) < 4.78 is 5.93. The average molecular weight is 470 g/mol. The van der Waals surface area contributed by atoms with Crippen LogP contribution in [0.4, 0.5) is 5.69 Å². The van der Waals surface area contributed by atoms with Gasteiger partial charge in [0.25, 0.3) is 0 Å². The fourth-order valence-corrected chi connectivity index (χ4v) is 4.20. The molecule has 180 valence electrons. The zero-order chi connectivity index (χ0) is 24.8. The van der Waals surface area contributed by atoms with Crippen LogP contribution in [0.25, 0.3) is 11.0 Å². The topological polar surface area (TPSA) is 74.6 Å². The molecular weight excluding hydrogens is 438 g/mol. The van der Waals surface area contributed by atoms with Crippen LogP contribution >= 0.6 is 0 Å². The number of anilines is 1. The Labute approximate surface area is 205 Å². The summed E-state index contributed by atoms with van der Waals surface area (Å²) in [5, 5.41) is 6.94. The van der Waals surface area contributed by atoms with Crippen molar-refractivity contribution in [2.24, 2.45) is 0 Å². The van der Waals surface area contributed by atoms with E-state index in [2.05, 4.69) is 34.6 Å². The predicted molar refractivity (Wildman–Crippen MR) is 139 cm³/mol. The third-order valence-corrected chi connectivity index (χ3v) is 6.06. The second-order valence-corrected chi connectivity index (χ2v) is 8.85. The summed E-state index contributed by atoms with van der Waals surface area (Å²) in [4.78, 5) is 26.8. The van der Waals surface area contributed by atoms with Crippen molar-refractivity contribution >= 4 is 28.5 Å². The minimum Gasteiger partial charge on any atom is -0.459 e. The molecule has 0 aliphatic carbocycles. The van der Waals surface area contributed by atoms with Crippen molar-refractivity contribution in [1.82, 2.24) is 10.2 Å². The smallest absolute Gasteiger partial charge is 0.234 e. The van der Waals surface area contributed by atoms with E-state index in [1.165, 1.54) is 6.92 Å². The Morgan fingerprint density at radius 1 is 0.914 bits per heavy atom. The van der Waals surface area contributed by atoms with Crippen LogP contribution in [0.2, 0.25) is 0 Å². The van der Waals surface area contributed by atoms with Gasteiger partial charge in [0.1, 0.15) is 11.3 Å². The maximum absolute atomic E-state index is 13.1. The second-order valence-electron chi connectivity index (χ2n) is 8.85. The Balaban J connectivity index is 1.50. The van der Waals surface area contributed by atoms with E-state index in [4.69, 9.17) is 4.42 Å². The van der Waals surface area contributed by atoms with E-state index >= 15 is 0 Å². The summed E-state index contributed by atoms with van der Waals surface area (Å²) in [7, 11) is 0. The first-order valence-electron chi connectivity index (χ1n) is 11.8. The van der Waals surface area contributed by atoms with E-state index in [1.54, 1.807) is 0 Å². The first-order valence-corrected chi connectivity index (χ1v) is 11.8. The quantitative estimate of drug-likeness (QED) is 0.323. The van der Waals surface area contributed by atoms with Gasteiger partial charge in [0.15, 0.2) is 0 Å². The van der Waals surface area contributed by atoms with E-state index < -0.39 is 0 Å². The molecule has 0 aliphatic rings. The first kappa shape index (κ1) is 24.2. The summed E-state index contributed by atoms with van der Waals surface area (Å²) in [6.45, 7) is 6.32. The molecule has 4 rings (SSSR count). The predicted octanol–water partition coefficient (Wildman–Crippen LogP) is 5.83. The van der Waals surface area contributed by atoms with Crippen LogP contribution in [-0.2, 0) is 16.1 Å². The molecule has 3 aromatic carbocycles. The monoisotopic (exact) mass is 469 g/mol. The maximum Gasteiger partial charge on any atom is 0.234 e. The zero-order valence-corrected chi connectivity index (χ0v) is 20.3. The highest BCUT2D eigenvalue weighted by molar-refractivity contribution is 5.88. The van der Waals surface area contributed by atoms with Crippen LogP contribution in [0, 0.1) is 0 Å². The van der Waals surface area contributed by atoms with Gasteiger partial charge >= 0.3 is 0 Å². The van der Waals surface area contributed by atoms with Gasteiger partial charge in [0.2, 0.25) is 11.8 Å². The minimum atomic E-state index is -0.258. The van der Waals surface area contributed by atoms with Crippen LogP contribution in [0.1, 0.15) is 49.7 Å². The van der Waals surface area contributed by atoms with Gasteiger partial charge in [-0.25, -0.2) is 0 Å². The van der Waals surface area contributed by atoms with Gasteiger partial charge in [-0.3, -0.25) is 14.5 Å². The average Bonchev–Trinajstić information content (AvgIpc) is 3.28. The molecule has 0 saturated heterocycles. The van der Waals surface area contributed by atoms with Gasteiger partial charge in [-0.15, -0.1) is 0 Å². The van der Waals surface area contributed by atoms with Crippen LogP contribution < -0.4 is 10.6 Å². The highest BCUT2D eigenvalue weighted by atomic mass is 16.3. The SMILES string of the molecule is CC(=O)Nc1cccc([C@H](C)N(CC(=O)N[C@H](C)c2cc3ccccc3o2)Cc2ccccc2)c1. The lowest BCUT2D eigenvalue weighted by molar-refractivity contribution is -0.123. The molecular formula is C29H31N3O3. The van der Waals surface area contributed by atoms with Gasteiger partial charge in [-0.2, -0.15) is 0 Å². The van der Waals surface area contributed by atoms with Crippen LogP contribution in [0.5, 0.6) is 0 Å². The lowest BCUT2D eigenvalue weighted by atomic mass is 10.0. The van der Waals surface area contributed by atoms with Crippen molar-refractivity contribution in [3.8, 4) is 0 Å². The van der Waals surface area contributed by atoms with Crippen molar-refractivity contribution < 1.29 is 14.0 Å². The molecule has 0 spiro atoms. The largest absolute Gasteiger partial charge is 0.459 e. The van der Waals surface area contributed by atoms with Gasteiger partial charge in [-0.1, -0.05) is 60.7 Å². The Morgan fingerprint density at radius 2 is 1.66 bits per heavy atom. The van der Waals surface area contributed by atoms with Crippen molar-refractivity contribution in [2.75, 3.05) is 11.9 Å². The number of hydrogen-bond acceptors (Lipinski definition) is 4. The number of nitrogens with zero attached hydrogens (tertiary/aromatic N) is 1. The molecule has 6 heteroatoms. The lowest BCUT2D eigenvalue weighted by Crippen LogP contribution is -2.39. The third-order valence-electron chi connectivity index (χ3n) is 6.06. The molecule has 0 fully saturated rings. The number of rotatable bonds is 9. The molecule has 35 heavy (non-hydrogen) atoms. The molecule has 0 radical (unpaired) electrons. The fraction of sp³-hybridized carbons (Fsp3) is 0.241. The molecule has 6 nitrogen and oxygen atoms in total. The number of hydrogen-bond donors (Lipinski definition) is 2. The number of carbonyl (C=O) groups excluding carboxylic acids is 2. The van der Waals surface area contributed by atoms with Gasteiger partial charge in [-0.05, 0) is 49.2 Å². The summed E-state index contributed by atoms with van der Waals surface area (Å²) in [6.07, 6.45) is 0. The Bertz CT molecular complexity index is 1270. The van der Waals surface area contributed by atoms with Crippen molar-refractivity contribution in [3.63, 3.8) is 0 Å². The van der Waals surface area contributed by atoms with Crippen LogP contribution in [0.15, 0.2) is 89.3 Å². The number of furan rings is 1. The van der Waals surface area contributed by atoms with Crippen LogP contribution in [-0.4, -0.2) is 23.3 Å². The molecule has 0 aliphatic heterocycles. The second kappa shape index (κ2) is 11.0. The number of benzene rings is 3. The minimum absolute atomic E-state index is 0.0591. The van der Waals surface area contributed by atoms with Crippen molar-refractivity contribution in [2.45, 2.75) is 39.4 Å². The number of carbonyl (C=O) groups is 2. The summed E-state index contributed by atoms with van der Waals surface area (Å²) in [5.74, 6) is 0.527. The molecule has 2 amide bonds. The Hall–Kier alpha value is -3.90. The fourth-order valence-electron chi connectivity index (χ4n) is 4.20.